The van der Waals surface area contributed by atoms with Gasteiger partial charge in [0.15, 0.2) is 0 Å². The maximum Gasteiger partial charge on any atom is 0.304 e. The molecule has 68 valence electrons. The molecule has 3 heteroatoms. The van der Waals surface area contributed by atoms with Crippen LogP contribution in [0.3, 0.4) is 0 Å². The normalized spacial score (nSPS) is 8.75. The molecule has 0 bridgehead atoms. The number of halogens is 1. The van der Waals surface area contributed by atoms with E-state index in [0.717, 1.165) is 19.3 Å². The topological polar surface area (TPSA) is 37.3 Å². The molecular weight excluding hydrogens is 176 g/mol. The number of alkyl halides is 1. The zero-order valence-electron chi connectivity index (χ0n) is 6.98. The minimum atomic E-state index is -0.787. The zero-order chi connectivity index (χ0) is 9.23. The van der Waals surface area contributed by atoms with Gasteiger partial charge in [-0.3, -0.25) is 4.79 Å². The van der Waals surface area contributed by atoms with Crippen LogP contribution in [0.25, 0.3) is 0 Å². The first-order valence-electron chi connectivity index (χ1n) is 4.01. The van der Waals surface area contributed by atoms with E-state index in [2.05, 4.69) is 11.8 Å². The third-order valence-electron chi connectivity index (χ3n) is 1.27. The predicted molar refractivity (Wildman–Crippen MR) is 49.2 cm³/mol. The summed E-state index contributed by atoms with van der Waals surface area (Å²) >= 11 is 5.46. The van der Waals surface area contributed by atoms with Gasteiger partial charge in [0.05, 0.1) is 6.42 Å². The van der Waals surface area contributed by atoms with Crippen LogP contribution in [0.1, 0.15) is 32.1 Å². The van der Waals surface area contributed by atoms with Gasteiger partial charge >= 0.3 is 5.97 Å². The van der Waals surface area contributed by atoms with E-state index in [9.17, 15) is 4.79 Å². The number of hydrogen-bond donors (Lipinski definition) is 1. The largest absolute Gasteiger partial charge is 0.481 e. The van der Waals surface area contributed by atoms with E-state index in [1.165, 1.54) is 0 Å². The zero-order valence-corrected chi connectivity index (χ0v) is 7.73. The van der Waals surface area contributed by atoms with Crippen molar-refractivity contribution in [1.82, 2.24) is 0 Å². The summed E-state index contributed by atoms with van der Waals surface area (Å²) in [6, 6.07) is 0. The Morgan fingerprint density at radius 2 is 1.92 bits per heavy atom. The Hall–Kier alpha value is -0.680. The summed E-state index contributed by atoms with van der Waals surface area (Å²) in [4.78, 5) is 10.0. The van der Waals surface area contributed by atoms with Gasteiger partial charge in [0.2, 0.25) is 0 Å². The molecule has 0 radical (unpaired) electrons. The maximum atomic E-state index is 10.0. The van der Waals surface area contributed by atoms with Crippen molar-refractivity contribution >= 4 is 17.6 Å². The fraction of sp³-hybridized carbons (Fsp3) is 0.667. The van der Waals surface area contributed by atoms with Crippen molar-refractivity contribution in [3.05, 3.63) is 0 Å². The van der Waals surface area contributed by atoms with Gasteiger partial charge in [-0.25, -0.2) is 0 Å². The van der Waals surface area contributed by atoms with Gasteiger partial charge in [0.1, 0.15) is 0 Å². The number of carboxylic acid groups (broad SMARTS) is 1. The lowest BCUT2D eigenvalue weighted by Crippen LogP contribution is -1.91. The number of carbonyl (C=O) groups is 1. The van der Waals surface area contributed by atoms with E-state index < -0.39 is 5.97 Å². The van der Waals surface area contributed by atoms with Crippen LogP contribution in [0.2, 0.25) is 0 Å². The Morgan fingerprint density at radius 3 is 2.50 bits per heavy atom. The first-order valence-corrected chi connectivity index (χ1v) is 4.54. The molecule has 0 atom stereocenters. The van der Waals surface area contributed by atoms with Crippen molar-refractivity contribution in [2.24, 2.45) is 0 Å². The highest BCUT2D eigenvalue weighted by Crippen LogP contribution is 1.95. The van der Waals surface area contributed by atoms with Crippen molar-refractivity contribution < 1.29 is 9.90 Å². The van der Waals surface area contributed by atoms with Gasteiger partial charge in [0.25, 0.3) is 0 Å². The van der Waals surface area contributed by atoms with E-state index in [0.29, 0.717) is 12.3 Å². The summed E-state index contributed by atoms with van der Waals surface area (Å²) in [5, 5.41) is 8.27. The number of rotatable bonds is 5. The Morgan fingerprint density at radius 1 is 1.25 bits per heavy atom. The van der Waals surface area contributed by atoms with Gasteiger partial charge in [-0.1, -0.05) is 0 Å². The Bertz CT molecular complexity index is 179. The molecule has 0 heterocycles. The van der Waals surface area contributed by atoms with Crippen LogP contribution < -0.4 is 0 Å². The molecule has 1 N–H and O–H groups in total. The minimum absolute atomic E-state index is 0.141. The molecule has 2 nitrogen and oxygen atoms in total. The van der Waals surface area contributed by atoms with Gasteiger partial charge in [0, 0.05) is 18.7 Å². The third-order valence-corrected chi connectivity index (χ3v) is 1.54. The summed E-state index contributed by atoms with van der Waals surface area (Å²) in [6.45, 7) is 0. The molecule has 0 aromatic heterocycles. The molecule has 0 aliphatic rings. The van der Waals surface area contributed by atoms with Gasteiger partial charge in [-0.05, 0) is 12.8 Å². The lowest BCUT2D eigenvalue weighted by molar-refractivity contribution is -0.136. The Kier molecular flexibility index (Phi) is 7.94. The van der Waals surface area contributed by atoms with Crippen LogP contribution in [0.15, 0.2) is 0 Å². The smallest absolute Gasteiger partial charge is 0.304 e. The maximum absolute atomic E-state index is 10.0. The average molecular weight is 189 g/mol. The second-order valence-corrected chi connectivity index (χ2v) is 2.77. The standard InChI is InChI=1S/C9H13ClO2/c10-8-6-4-2-1-3-5-7-9(11)12/h2,4-8H2,(H,11,12). The molecule has 0 aliphatic carbocycles. The lowest BCUT2D eigenvalue weighted by atomic mass is 10.2. The predicted octanol–water partition coefficient (Wildman–Crippen LogP) is 2.26. The summed E-state index contributed by atoms with van der Waals surface area (Å²) < 4.78 is 0. The van der Waals surface area contributed by atoms with Crippen molar-refractivity contribution in [3.63, 3.8) is 0 Å². The van der Waals surface area contributed by atoms with Crippen LogP contribution in [-0.4, -0.2) is 17.0 Å². The summed E-state index contributed by atoms with van der Waals surface area (Å²) in [5.41, 5.74) is 0. The number of aliphatic carboxylic acids is 1. The molecule has 0 aliphatic heterocycles. The second kappa shape index (κ2) is 8.42. The summed E-state index contributed by atoms with van der Waals surface area (Å²) in [7, 11) is 0. The molecular formula is C9H13ClO2. The number of carboxylic acids is 1. The first kappa shape index (κ1) is 11.3. The van der Waals surface area contributed by atoms with Crippen LogP contribution in [0, 0.1) is 11.8 Å². The molecule has 0 amide bonds. The molecule has 0 fully saturated rings. The molecule has 0 aromatic carbocycles. The highest BCUT2D eigenvalue weighted by molar-refractivity contribution is 6.17. The molecule has 0 unspecified atom stereocenters. The summed E-state index contributed by atoms with van der Waals surface area (Å²) in [6.07, 6.45) is 3.41. The van der Waals surface area contributed by atoms with E-state index in [1.807, 2.05) is 0 Å². The van der Waals surface area contributed by atoms with Crippen LogP contribution in [0.4, 0.5) is 0 Å². The first-order chi connectivity index (χ1) is 5.77. The monoisotopic (exact) mass is 188 g/mol. The van der Waals surface area contributed by atoms with Crippen molar-refractivity contribution in [2.75, 3.05) is 5.88 Å². The molecule has 0 saturated heterocycles. The van der Waals surface area contributed by atoms with Gasteiger partial charge in [-0.2, -0.15) is 0 Å². The van der Waals surface area contributed by atoms with Crippen molar-refractivity contribution in [1.29, 1.82) is 0 Å². The van der Waals surface area contributed by atoms with Crippen LogP contribution >= 0.6 is 11.6 Å². The Labute approximate surface area is 77.9 Å². The van der Waals surface area contributed by atoms with Crippen LogP contribution in [0.5, 0.6) is 0 Å². The van der Waals surface area contributed by atoms with Gasteiger partial charge < -0.3 is 5.11 Å². The molecule has 12 heavy (non-hydrogen) atoms. The van der Waals surface area contributed by atoms with E-state index >= 15 is 0 Å². The molecule has 0 rings (SSSR count). The minimum Gasteiger partial charge on any atom is -0.481 e. The molecule has 0 spiro atoms. The van der Waals surface area contributed by atoms with E-state index in [1.54, 1.807) is 0 Å². The second-order valence-electron chi connectivity index (χ2n) is 2.39. The SMILES string of the molecule is O=C(O)CCC#CCCCCCl. The van der Waals surface area contributed by atoms with Crippen LogP contribution in [-0.2, 0) is 4.79 Å². The fourth-order valence-corrected chi connectivity index (χ4v) is 0.843. The quantitative estimate of drug-likeness (QED) is 0.408. The highest BCUT2D eigenvalue weighted by atomic mass is 35.5. The lowest BCUT2D eigenvalue weighted by Gasteiger charge is -1.87. The fourth-order valence-electron chi connectivity index (χ4n) is 0.654. The Balaban J connectivity index is 3.17. The number of unbranched alkanes of at least 4 members (excludes halogenated alkanes) is 2. The van der Waals surface area contributed by atoms with Crippen molar-refractivity contribution in [3.8, 4) is 11.8 Å². The van der Waals surface area contributed by atoms with Gasteiger partial charge in [-0.15, -0.1) is 23.4 Å². The summed E-state index contributed by atoms with van der Waals surface area (Å²) in [5.74, 6) is 5.60. The third kappa shape index (κ3) is 9.32. The van der Waals surface area contributed by atoms with E-state index in [-0.39, 0.29) is 6.42 Å². The highest BCUT2D eigenvalue weighted by Gasteiger charge is 1.90. The molecule has 0 saturated carbocycles. The number of hydrogen-bond acceptors (Lipinski definition) is 1. The molecule has 0 aromatic rings. The average Bonchev–Trinajstić information content (AvgIpc) is 2.02. The van der Waals surface area contributed by atoms with Crippen molar-refractivity contribution in [2.45, 2.75) is 32.1 Å². The van der Waals surface area contributed by atoms with E-state index in [4.69, 9.17) is 16.7 Å².